The lowest BCUT2D eigenvalue weighted by Crippen LogP contribution is -2.35. The van der Waals surface area contributed by atoms with Crippen molar-refractivity contribution in [3.05, 3.63) is 29.3 Å². The summed E-state index contributed by atoms with van der Waals surface area (Å²) in [5, 5.41) is 10.8. The lowest BCUT2D eigenvalue weighted by atomic mass is 9.74. The van der Waals surface area contributed by atoms with E-state index in [0.717, 1.165) is 50.4 Å². The molecule has 2 atom stereocenters. The zero-order valence-electron chi connectivity index (χ0n) is 12.5. The van der Waals surface area contributed by atoms with Crippen molar-refractivity contribution in [3.63, 3.8) is 0 Å². The fourth-order valence-corrected chi connectivity index (χ4v) is 3.81. The van der Waals surface area contributed by atoms with Gasteiger partial charge in [-0.2, -0.15) is 0 Å². The van der Waals surface area contributed by atoms with Gasteiger partial charge in [0.25, 0.3) is 0 Å². The Labute approximate surface area is 122 Å². The Morgan fingerprint density at radius 2 is 2.30 bits per heavy atom. The van der Waals surface area contributed by atoms with Crippen molar-refractivity contribution in [2.75, 3.05) is 6.61 Å². The van der Waals surface area contributed by atoms with Crippen LogP contribution in [-0.4, -0.2) is 17.3 Å². The van der Waals surface area contributed by atoms with Crippen molar-refractivity contribution in [2.45, 2.75) is 63.9 Å². The molecule has 2 nitrogen and oxygen atoms in total. The van der Waals surface area contributed by atoms with Crippen LogP contribution in [0.4, 0.5) is 0 Å². The molecule has 1 N–H and O–H groups in total. The molecule has 110 valence electrons. The fraction of sp³-hybridized carbons (Fsp3) is 0.667. The van der Waals surface area contributed by atoms with E-state index in [-0.39, 0.29) is 0 Å². The van der Waals surface area contributed by atoms with E-state index < -0.39 is 5.60 Å². The van der Waals surface area contributed by atoms with Crippen molar-refractivity contribution in [3.8, 4) is 5.75 Å². The summed E-state index contributed by atoms with van der Waals surface area (Å²) in [7, 11) is 0. The molecule has 1 aliphatic carbocycles. The molecule has 0 amide bonds. The smallest absolute Gasteiger partial charge is 0.122 e. The van der Waals surface area contributed by atoms with Crippen LogP contribution in [0.2, 0.25) is 0 Å². The van der Waals surface area contributed by atoms with Gasteiger partial charge in [0.1, 0.15) is 5.75 Å². The summed E-state index contributed by atoms with van der Waals surface area (Å²) in [5.74, 6) is 1.78. The van der Waals surface area contributed by atoms with Crippen molar-refractivity contribution < 1.29 is 9.84 Å². The van der Waals surface area contributed by atoms with Gasteiger partial charge >= 0.3 is 0 Å². The number of hydrogen-bond donors (Lipinski definition) is 1. The summed E-state index contributed by atoms with van der Waals surface area (Å²) in [6, 6.07) is 6.52. The summed E-state index contributed by atoms with van der Waals surface area (Å²) in [6.07, 6.45) is 8.60. The second-order valence-corrected chi connectivity index (χ2v) is 6.64. The van der Waals surface area contributed by atoms with Gasteiger partial charge in [0.15, 0.2) is 0 Å². The van der Waals surface area contributed by atoms with Crippen LogP contribution in [0.25, 0.3) is 0 Å². The Balaban J connectivity index is 1.61. The largest absolute Gasteiger partial charge is 0.493 e. The Bertz CT molecular complexity index is 468. The van der Waals surface area contributed by atoms with E-state index in [0.29, 0.717) is 0 Å². The maximum atomic E-state index is 10.8. The molecular weight excluding hydrogens is 248 g/mol. The van der Waals surface area contributed by atoms with Crippen molar-refractivity contribution in [1.82, 2.24) is 0 Å². The quantitative estimate of drug-likeness (QED) is 0.902. The second-order valence-electron chi connectivity index (χ2n) is 6.64. The first-order valence-electron chi connectivity index (χ1n) is 8.15. The van der Waals surface area contributed by atoms with E-state index in [1.54, 1.807) is 0 Å². The predicted octanol–water partition coefficient (Wildman–Crippen LogP) is 3.89. The van der Waals surface area contributed by atoms with Gasteiger partial charge in [-0.05, 0) is 48.8 Å². The predicted molar refractivity (Wildman–Crippen MR) is 81.2 cm³/mol. The van der Waals surface area contributed by atoms with Gasteiger partial charge in [0.2, 0.25) is 0 Å². The molecule has 2 unspecified atom stereocenters. The summed E-state index contributed by atoms with van der Waals surface area (Å²) in [4.78, 5) is 0. The highest BCUT2D eigenvalue weighted by molar-refractivity contribution is 5.39. The van der Waals surface area contributed by atoms with Crippen LogP contribution in [0.3, 0.4) is 0 Å². The molecule has 1 aliphatic heterocycles. The van der Waals surface area contributed by atoms with Gasteiger partial charge < -0.3 is 9.84 Å². The van der Waals surface area contributed by atoms with Crippen molar-refractivity contribution in [1.29, 1.82) is 0 Å². The Hall–Kier alpha value is -1.02. The highest BCUT2D eigenvalue weighted by Gasteiger charge is 2.33. The van der Waals surface area contributed by atoms with Gasteiger partial charge in [0, 0.05) is 6.42 Å². The third-order valence-corrected chi connectivity index (χ3v) is 5.13. The summed E-state index contributed by atoms with van der Waals surface area (Å²) >= 11 is 0. The molecule has 1 heterocycles. The molecule has 2 heteroatoms. The molecule has 1 fully saturated rings. The molecule has 2 aliphatic rings. The molecular formula is C18H26O2. The van der Waals surface area contributed by atoms with Crippen LogP contribution < -0.4 is 4.74 Å². The zero-order valence-corrected chi connectivity index (χ0v) is 12.5. The highest BCUT2D eigenvalue weighted by Crippen LogP contribution is 2.37. The van der Waals surface area contributed by atoms with Crippen LogP contribution in [0.5, 0.6) is 5.75 Å². The summed E-state index contributed by atoms with van der Waals surface area (Å²) < 4.78 is 5.55. The van der Waals surface area contributed by atoms with Crippen LogP contribution in [-0.2, 0) is 12.8 Å². The summed E-state index contributed by atoms with van der Waals surface area (Å²) in [5.41, 5.74) is 2.26. The van der Waals surface area contributed by atoms with Crippen molar-refractivity contribution >= 4 is 0 Å². The van der Waals surface area contributed by atoms with Crippen LogP contribution in [0.1, 0.15) is 56.6 Å². The average molecular weight is 274 g/mol. The maximum absolute atomic E-state index is 10.8. The fourth-order valence-electron chi connectivity index (χ4n) is 3.81. The molecule has 20 heavy (non-hydrogen) atoms. The van der Waals surface area contributed by atoms with Crippen molar-refractivity contribution in [2.24, 2.45) is 5.92 Å². The molecule has 3 rings (SSSR count). The van der Waals surface area contributed by atoms with Gasteiger partial charge in [-0.25, -0.2) is 0 Å². The molecule has 1 aromatic carbocycles. The molecule has 0 bridgehead atoms. The number of benzene rings is 1. The van der Waals surface area contributed by atoms with Gasteiger partial charge in [-0.15, -0.1) is 0 Å². The second kappa shape index (κ2) is 5.77. The first-order valence-corrected chi connectivity index (χ1v) is 8.15. The number of hydrogen-bond acceptors (Lipinski definition) is 2. The number of fused-ring (bicyclic) bond motifs is 1. The average Bonchev–Trinajstić information content (AvgIpc) is 2.93. The van der Waals surface area contributed by atoms with Gasteiger partial charge in [0.05, 0.1) is 12.2 Å². The molecule has 1 aromatic rings. The number of aliphatic hydroxyl groups is 1. The van der Waals surface area contributed by atoms with E-state index in [9.17, 15) is 5.11 Å². The zero-order chi connectivity index (χ0) is 14.0. The van der Waals surface area contributed by atoms with Gasteiger partial charge in [-0.1, -0.05) is 38.3 Å². The van der Waals surface area contributed by atoms with E-state index in [1.807, 2.05) is 0 Å². The topological polar surface area (TPSA) is 29.5 Å². The summed E-state index contributed by atoms with van der Waals surface area (Å²) in [6.45, 7) is 3.07. The van der Waals surface area contributed by atoms with Gasteiger partial charge in [-0.3, -0.25) is 0 Å². The SMILES string of the molecule is CCC1CCCC(O)(CCc2ccc3c(c2)CCO3)C1. The molecule has 1 saturated carbocycles. The highest BCUT2D eigenvalue weighted by atomic mass is 16.5. The number of ether oxygens (including phenoxy) is 1. The Kier molecular flexibility index (Phi) is 4.02. The molecule has 0 radical (unpaired) electrons. The van der Waals surface area contributed by atoms with E-state index in [4.69, 9.17) is 4.74 Å². The van der Waals surface area contributed by atoms with E-state index in [2.05, 4.69) is 25.1 Å². The van der Waals surface area contributed by atoms with Crippen LogP contribution in [0.15, 0.2) is 18.2 Å². The first kappa shape index (κ1) is 13.9. The minimum absolute atomic E-state index is 0.422. The minimum Gasteiger partial charge on any atom is -0.493 e. The number of rotatable bonds is 4. The van der Waals surface area contributed by atoms with Crippen LogP contribution >= 0.6 is 0 Å². The molecule has 0 aromatic heterocycles. The Morgan fingerprint density at radius 1 is 1.40 bits per heavy atom. The third-order valence-electron chi connectivity index (χ3n) is 5.13. The number of aryl methyl sites for hydroxylation is 1. The minimum atomic E-state index is -0.422. The monoisotopic (exact) mass is 274 g/mol. The van der Waals surface area contributed by atoms with E-state index in [1.165, 1.54) is 30.4 Å². The lowest BCUT2D eigenvalue weighted by molar-refractivity contribution is -0.0234. The van der Waals surface area contributed by atoms with Crippen LogP contribution in [0, 0.1) is 5.92 Å². The normalized spacial score (nSPS) is 29.0. The molecule has 0 saturated heterocycles. The van der Waals surface area contributed by atoms with E-state index >= 15 is 0 Å². The molecule has 0 spiro atoms. The Morgan fingerprint density at radius 3 is 3.15 bits per heavy atom. The standard InChI is InChI=1S/C18H26O2/c1-2-14-4-3-9-18(19,13-14)10-7-15-5-6-17-16(12-15)8-11-20-17/h5-6,12,14,19H,2-4,7-11,13H2,1H3. The third kappa shape index (κ3) is 3.01. The lowest BCUT2D eigenvalue weighted by Gasteiger charge is -2.36. The first-order chi connectivity index (χ1) is 9.68. The maximum Gasteiger partial charge on any atom is 0.122 e.